The zero-order valence-electron chi connectivity index (χ0n) is 18.8. The summed E-state index contributed by atoms with van der Waals surface area (Å²) in [6.07, 6.45) is -0.531. The molecule has 2 aliphatic rings. The molecule has 0 saturated carbocycles. The summed E-state index contributed by atoms with van der Waals surface area (Å²) in [5.74, 6) is -1.97. The lowest BCUT2D eigenvalue weighted by molar-refractivity contribution is -0.155. The van der Waals surface area contributed by atoms with Gasteiger partial charge in [0.1, 0.15) is 18.1 Å². The van der Waals surface area contributed by atoms with E-state index in [4.69, 9.17) is 17.3 Å². The fraction of sp³-hybridized carbons (Fsp3) is 0.545. The van der Waals surface area contributed by atoms with Crippen LogP contribution in [0.3, 0.4) is 0 Å². The molecular weight excluding hydrogens is 452 g/mol. The summed E-state index contributed by atoms with van der Waals surface area (Å²) >= 11 is 6.02. The smallest absolute Gasteiger partial charge is 0.310 e. The fourth-order valence-corrected chi connectivity index (χ4v) is 4.13. The van der Waals surface area contributed by atoms with E-state index in [1.807, 2.05) is 20.8 Å². The molecule has 11 heteroatoms. The van der Waals surface area contributed by atoms with E-state index in [1.165, 1.54) is 23.1 Å². The number of anilines is 1. The quantitative estimate of drug-likeness (QED) is 0.359. The SMILES string of the molecule is CC(C)(C)[C@H](NC(=O)c1ccc(N)c(Cl)c1)C(=O)N1CCC[C@H]1C(=O)N[C@H]1CC(=O)OC1O. The molecule has 0 aliphatic carbocycles. The second-order valence-electron chi connectivity index (χ2n) is 9.40. The number of carbonyl (C=O) groups excluding carboxylic acids is 4. The minimum absolute atomic E-state index is 0.140. The molecule has 2 fully saturated rings. The minimum Gasteiger partial charge on any atom is -0.434 e. The topological polar surface area (TPSA) is 151 Å². The van der Waals surface area contributed by atoms with E-state index < -0.39 is 53.5 Å². The van der Waals surface area contributed by atoms with Crippen LogP contribution >= 0.6 is 11.6 Å². The van der Waals surface area contributed by atoms with Gasteiger partial charge in [-0.2, -0.15) is 0 Å². The van der Waals surface area contributed by atoms with Crippen molar-refractivity contribution in [2.75, 3.05) is 12.3 Å². The normalized spacial score (nSPS) is 23.7. The standard InChI is InChI=1S/C22H29ClN4O6/c1-22(2,3)17(26-18(29)11-6-7-13(24)12(23)9-11)20(31)27-8-4-5-15(27)19(30)25-14-10-16(28)33-21(14)32/h6-7,9,14-15,17,21,32H,4-5,8,10,24H2,1-3H3,(H,25,30)(H,26,29)/t14-,15-,17+,21?/m0/s1. The van der Waals surface area contributed by atoms with Crippen molar-refractivity contribution in [1.29, 1.82) is 0 Å². The van der Waals surface area contributed by atoms with Gasteiger partial charge in [0.2, 0.25) is 18.1 Å². The van der Waals surface area contributed by atoms with Crippen LogP contribution in [0, 0.1) is 5.41 Å². The molecule has 2 saturated heterocycles. The van der Waals surface area contributed by atoms with Gasteiger partial charge in [0.05, 0.1) is 17.1 Å². The number of likely N-dealkylation sites (tertiary alicyclic amines) is 1. The monoisotopic (exact) mass is 480 g/mol. The molecule has 0 bridgehead atoms. The summed E-state index contributed by atoms with van der Waals surface area (Å²) in [7, 11) is 0. The maximum Gasteiger partial charge on any atom is 0.310 e. The van der Waals surface area contributed by atoms with Crippen LogP contribution in [0.5, 0.6) is 0 Å². The predicted molar refractivity (Wildman–Crippen MR) is 120 cm³/mol. The predicted octanol–water partition coefficient (Wildman–Crippen LogP) is 0.808. The third-order valence-electron chi connectivity index (χ3n) is 5.80. The Morgan fingerprint density at radius 2 is 2.00 bits per heavy atom. The maximum atomic E-state index is 13.5. The Labute approximate surface area is 196 Å². The second-order valence-corrected chi connectivity index (χ2v) is 9.81. The molecule has 0 aromatic heterocycles. The number of nitrogens with zero attached hydrogens (tertiary/aromatic N) is 1. The number of nitrogen functional groups attached to an aromatic ring is 1. The van der Waals surface area contributed by atoms with Crippen LogP contribution in [-0.2, 0) is 19.1 Å². The first-order valence-corrected chi connectivity index (χ1v) is 11.1. The van der Waals surface area contributed by atoms with Crippen molar-refractivity contribution in [3.63, 3.8) is 0 Å². The zero-order valence-corrected chi connectivity index (χ0v) is 19.5. The molecule has 1 aromatic rings. The van der Waals surface area contributed by atoms with Crippen LogP contribution in [0.4, 0.5) is 5.69 Å². The van der Waals surface area contributed by atoms with E-state index >= 15 is 0 Å². The van der Waals surface area contributed by atoms with Gasteiger partial charge in [-0.3, -0.25) is 19.2 Å². The second kappa shape index (κ2) is 9.56. The third kappa shape index (κ3) is 5.56. The lowest BCUT2D eigenvalue weighted by Crippen LogP contribution is -2.58. The first-order valence-electron chi connectivity index (χ1n) is 10.7. The lowest BCUT2D eigenvalue weighted by atomic mass is 9.85. The van der Waals surface area contributed by atoms with E-state index in [-0.39, 0.29) is 17.0 Å². The summed E-state index contributed by atoms with van der Waals surface area (Å²) in [6.45, 7) is 5.79. The van der Waals surface area contributed by atoms with Gasteiger partial charge in [-0.1, -0.05) is 32.4 Å². The number of rotatable bonds is 5. The Morgan fingerprint density at radius 1 is 1.30 bits per heavy atom. The van der Waals surface area contributed by atoms with Gasteiger partial charge in [0.25, 0.3) is 5.91 Å². The van der Waals surface area contributed by atoms with Crippen LogP contribution in [-0.4, -0.2) is 64.7 Å². The van der Waals surface area contributed by atoms with E-state index in [0.29, 0.717) is 25.1 Å². The van der Waals surface area contributed by atoms with Crippen molar-refractivity contribution in [2.45, 2.75) is 64.4 Å². The highest BCUT2D eigenvalue weighted by Crippen LogP contribution is 2.27. The maximum absolute atomic E-state index is 13.5. The zero-order chi connectivity index (χ0) is 24.5. The first-order chi connectivity index (χ1) is 15.4. The molecule has 3 rings (SSSR count). The number of benzene rings is 1. The molecule has 180 valence electrons. The number of ether oxygens (including phenoxy) is 1. The van der Waals surface area contributed by atoms with Gasteiger partial charge >= 0.3 is 5.97 Å². The Kier molecular flexibility index (Phi) is 7.18. The van der Waals surface area contributed by atoms with Crippen molar-refractivity contribution in [1.82, 2.24) is 15.5 Å². The molecule has 33 heavy (non-hydrogen) atoms. The number of hydrogen-bond acceptors (Lipinski definition) is 7. The summed E-state index contributed by atoms with van der Waals surface area (Å²) in [4.78, 5) is 52.0. The van der Waals surface area contributed by atoms with Gasteiger partial charge < -0.3 is 31.1 Å². The minimum atomic E-state index is -1.42. The molecule has 5 N–H and O–H groups in total. The highest BCUT2D eigenvalue weighted by atomic mass is 35.5. The van der Waals surface area contributed by atoms with Crippen molar-refractivity contribution in [3.05, 3.63) is 28.8 Å². The number of nitrogens with one attached hydrogen (secondary N) is 2. The first kappa shape index (κ1) is 24.8. The number of esters is 1. The summed E-state index contributed by atoms with van der Waals surface area (Å²) in [6, 6.07) is 1.89. The summed E-state index contributed by atoms with van der Waals surface area (Å²) < 4.78 is 4.65. The van der Waals surface area contributed by atoms with Gasteiger partial charge in [-0.15, -0.1) is 0 Å². The Bertz CT molecular complexity index is 963. The number of amides is 3. The molecule has 1 unspecified atom stereocenters. The van der Waals surface area contributed by atoms with Crippen molar-refractivity contribution >= 4 is 41.0 Å². The molecule has 0 radical (unpaired) electrons. The van der Waals surface area contributed by atoms with Gasteiger partial charge in [0, 0.05) is 12.1 Å². The van der Waals surface area contributed by atoms with Crippen LogP contribution in [0.15, 0.2) is 18.2 Å². The third-order valence-corrected chi connectivity index (χ3v) is 6.13. The molecular formula is C22H29ClN4O6. The van der Waals surface area contributed by atoms with E-state index in [2.05, 4.69) is 15.4 Å². The highest BCUT2D eigenvalue weighted by Gasteiger charge is 2.43. The molecule has 4 atom stereocenters. The molecule has 10 nitrogen and oxygen atoms in total. The number of nitrogens with two attached hydrogens (primary N) is 1. The number of halogens is 1. The fourth-order valence-electron chi connectivity index (χ4n) is 3.95. The molecule has 2 heterocycles. The van der Waals surface area contributed by atoms with Gasteiger partial charge in [0.15, 0.2) is 0 Å². The van der Waals surface area contributed by atoms with Crippen molar-refractivity contribution < 1.29 is 29.0 Å². The van der Waals surface area contributed by atoms with E-state index in [1.54, 1.807) is 0 Å². The average molecular weight is 481 g/mol. The molecule has 3 amide bonds. The van der Waals surface area contributed by atoms with Crippen LogP contribution in [0.25, 0.3) is 0 Å². The highest BCUT2D eigenvalue weighted by molar-refractivity contribution is 6.33. The largest absolute Gasteiger partial charge is 0.434 e. The van der Waals surface area contributed by atoms with E-state index in [9.17, 15) is 24.3 Å². The van der Waals surface area contributed by atoms with Crippen molar-refractivity contribution in [3.8, 4) is 0 Å². The molecule has 0 spiro atoms. The molecule has 2 aliphatic heterocycles. The molecule has 1 aromatic carbocycles. The Hall–Kier alpha value is -2.85. The Balaban J connectivity index is 1.75. The number of aliphatic hydroxyl groups is 1. The lowest BCUT2D eigenvalue weighted by Gasteiger charge is -2.35. The number of hydrogen-bond donors (Lipinski definition) is 4. The van der Waals surface area contributed by atoms with Crippen LogP contribution in [0.2, 0.25) is 5.02 Å². The summed E-state index contributed by atoms with van der Waals surface area (Å²) in [5, 5.41) is 15.4. The van der Waals surface area contributed by atoms with Crippen LogP contribution < -0.4 is 16.4 Å². The van der Waals surface area contributed by atoms with Crippen LogP contribution in [0.1, 0.15) is 50.4 Å². The Morgan fingerprint density at radius 3 is 2.58 bits per heavy atom. The number of cyclic esters (lactones) is 1. The van der Waals surface area contributed by atoms with Gasteiger partial charge in [-0.25, -0.2) is 0 Å². The average Bonchev–Trinajstić information content (AvgIpc) is 3.33. The number of aliphatic hydroxyl groups excluding tert-OH is 1. The van der Waals surface area contributed by atoms with Crippen molar-refractivity contribution in [2.24, 2.45) is 5.41 Å². The summed E-state index contributed by atoms with van der Waals surface area (Å²) in [5.41, 5.74) is 5.64. The number of carbonyl (C=O) groups is 4. The van der Waals surface area contributed by atoms with Gasteiger partial charge in [-0.05, 0) is 36.5 Å². The van der Waals surface area contributed by atoms with E-state index in [0.717, 1.165) is 0 Å².